The summed E-state index contributed by atoms with van der Waals surface area (Å²) in [4.78, 5) is 20.1. The van der Waals surface area contributed by atoms with Gasteiger partial charge in [0.05, 0.1) is 16.8 Å². The SMILES string of the molecule is CNCCN(C)C(=O)c1c2c(nc3ccccc13)/C(=C\c1ccccc1)CC2. The molecule has 142 valence electrons. The third-order valence-corrected chi connectivity index (χ3v) is 5.34. The number of likely N-dealkylation sites (N-methyl/N-ethyl adjacent to an activating group) is 2. The average Bonchev–Trinajstić information content (AvgIpc) is 3.12. The molecule has 1 aromatic heterocycles. The second-order valence-electron chi connectivity index (χ2n) is 7.24. The molecule has 1 heterocycles. The van der Waals surface area contributed by atoms with Gasteiger partial charge < -0.3 is 10.2 Å². The molecule has 0 saturated heterocycles. The minimum atomic E-state index is 0.0751. The maximum Gasteiger partial charge on any atom is 0.254 e. The zero-order valence-corrected chi connectivity index (χ0v) is 16.4. The smallest absolute Gasteiger partial charge is 0.254 e. The van der Waals surface area contributed by atoms with Crippen molar-refractivity contribution in [1.29, 1.82) is 0 Å². The summed E-state index contributed by atoms with van der Waals surface area (Å²) >= 11 is 0. The Hall–Kier alpha value is -2.98. The Morgan fingerprint density at radius 2 is 1.86 bits per heavy atom. The molecular formula is C24H25N3O. The third kappa shape index (κ3) is 3.43. The number of pyridine rings is 1. The fourth-order valence-corrected chi connectivity index (χ4v) is 3.85. The number of hydrogen-bond acceptors (Lipinski definition) is 3. The average molecular weight is 371 g/mol. The van der Waals surface area contributed by atoms with Crippen LogP contribution in [-0.4, -0.2) is 43.0 Å². The lowest BCUT2D eigenvalue weighted by atomic mass is 9.99. The number of nitrogens with one attached hydrogen (secondary N) is 1. The highest BCUT2D eigenvalue weighted by atomic mass is 16.2. The highest BCUT2D eigenvalue weighted by molar-refractivity contribution is 6.09. The molecule has 4 rings (SSSR count). The van der Waals surface area contributed by atoms with Crippen LogP contribution < -0.4 is 5.32 Å². The lowest BCUT2D eigenvalue weighted by Gasteiger charge is -2.20. The Morgan fingerprint density at radius 3 is 2.64 bits per heavy atom. The van der Waals surface area contributed by atoms with Gasteiger partial charge in [-0.3, -0.25) is 4.79 Å². The molecule has 4 heteroatoms. The van der Waals surface area contributed by atoms with Crippen LogP contribution in [0.2, 0.25) is 0 Å². The van der Waals surface area contributed by atoms with Crippen LogP contribution in [0.15, 0.2) is 54.6 Å². The summed E-state index contributed by atoms with van der Waals surface area (Å²) in [5, 5.41) is 4.06. The normalized spacial score (nSPS) is 14.4. The molecule has 1 aliphatic rings. The zero-order valence-electron chi connectivity index (χ0n) is 16.4. The van der Waals surface area contributed by atoms with Crippen LogP contribution in [0.4, 0.5) is 0 Å². The van der Waals surface area contributed by atoms with Gasteiger partial charge in [-0.25, -0.2) is 4.98 Å². The molecule has 0 spiro atoms. The summed E-state index contributed by atoms with van der Waals surface area (Å²) in [6.45, 7) is 1.44. The van der Waals surface area contributed by atoms with E-state index in [9.17, 15) is 4.79 Å². The number of allylic oxidation sites excluding steroid dienone is 1. The van der Waals surface area contributed by atoms with Gasteiger partial charge in [0.15, 0.2) is 0 Å². The van der Waals surface area contributed by atoms with E-state index in [1.54, 1.807) is 4.90 Å². The summed E-state index contributed by atoms with van der Waals surface area (Å²) in [6, 6.07) is 18.3. The third-order valence-electron chi connectivity index (χ3n) is 5.34. The van der Waals surface area contributed by atoms with E-state index in [1.807, 2.05) is 56.6 Å². The van der Waals surface area contributed by atoms with Gasteiger partial charge >= 0.3 is 0 Å². The first kappa shape index (κ1) is 18.4. The van der Waals surface area contributed by atoms with Crippen LogP contribution in [0.25, 0.3) is 22.6 Å². The molecule has 2 aromatic carbocycles. The van der Waals surface area contributed by atoms with Gasteiger partial charge in [0.2, 0.25) is 0 Å². The predicted octanol–water partition coefficient (Wildman–Crippen LogP) is 4.01. The molecule has 0 radical (unpaired) electrons. The first-order valence-electron chi connectivity index (χ1n) is 9.76. The van der Waals surface area contributed by atoms with Crippen LogP contribution in [-0.2, 0) is 6.42 Å². The van der Waals surface area contributed by atoms with Crippen molar-refractivity contribution in [2.75, 3.05) is 27.2 Å². The molecule has 0 saturated carbocycles. The summed E-state index contributed by atoms with van der Waals surface area (Å²) in [7, 11) is 3.77. The molecule has 0 unspecified atom stereocenters. The van der Waals surface area contributed by atoms with Crippen molar-refractivity contribution in [3.05, 3.63) is 77.0 Å². The van der Waals surface area contributed by atoms with Gasteiger partial charge in [0.25, 0.3) is 5.91 Å². The lowest BCUT2D eigenvalue weighted by molar-refractivity contribution is 0.0797. The second kappa shape index (κ2) is 7.95. The van der Waals surface area contributed by atoms with Crippen molar-refractivity contribution in [2.45, 2.75) is 12.8 Å². The molecule has 1 amide bonds. The van der Waals surface area contributed by atoms with Gasteiger partial charge in [-0.2, -0.15) is 0 Å². The van der Waals surface area contributed by atoms with Crippen LogP contribution in [0.3, 0.4) is 0 Å². The molecule has 1 aliphatic carbocycles. The summed E-state index contributed by atoms with van der Waals surface area (Å²) < 4.78 is 0. The maximum atomic E-state index is 13.3. The Kier molecular flexibility index (Phi) is 5.22. The highest BCUT2D eigenvalue weighted by Crippen LogP contribution is 2.37. The van der Waals surface area contributed by atoms with Gasteiger partial charge in [-0.05, 0) is 48.7 Å². The van der Waals surface area contributed by atoms with Crippen LogP contribution >= 0.6 is 0 Å². The maximum absolute atomic E-state index is 13.3. The van der Waals surface area contributed by atoms with E-state index in [4.69, 9.17) is 4.98 Å². The summed E-state index contributed by atoms with van der Waals surface area (Å²) in [5.74, 6) is 0.0751. The number of para-hydroxylation sites is 1. The van der Waals surface area contributed by atoms with E-state index in [1.165, 1.54) is 11.1 Å². The number of benzene rings is 2. The van der Waals surface area contributed by atoms with Crippen LogP contribution in [0, 0.1) is 0 Å². The van der Waals surface area contributed by atoms with E-state index < -0.39 is 0 Å². The molecule has 0 aliphatic heterocycles. The fraction of sp³-hybridized carbons (Fsp3) is 0.250. The first-order valence-corrected chi connectivity index (χ1v) is 9.76. The zero-order chi connectivity index (χ0) is 19.5. The van der Waals surface area contributed by atoms with E-state index in [2.05, 4.69) is 23.5 Å². The van der Waals surface area contributed by atoms with Crippen molar-refractivity contribution in [1.82, 2.24) is 15.2 Å². The Labute approximate surface area is 165 Å². The molecule has 4 nitrogen and oxygen atoms in total. The minimum Gasteiger partial charge on any atom is -0.340 e. The number of carbonyl (C=O) groups excluding carboxylic acids is 1. The fourth-order valence-electron chi connectivity index (χ4n) is 3.85. The predicted molar refractivity (Wildman–Crippen MR) is 115 cm³/mol. The molecular weight excluding hydrogens is 346 g/mol. The van der Waals surface area contributed by atoms with Gasteiger partial charge in [0, 0.05) is 25.5 Å². The van der Waals surface area contributed by atoms with Crippen molar-refractivity contribution in [2.24, 2.45) is 0 Å². The van der Waals surface area contributed by atoms with E-state index in [0.717, 1.165) is 47.1 Å². The van der Waals surface area contributed by atoms with Crippen LogP contribution in [0.5, 0.6) is 0 Å². The Morgan fingerprint density at radius 1 is 1.11 bits per heavy atom. The summed E-state index contributed by atoms with van der Waals surface area (Å²) in [5.41, 5.74) is 6.14. The standard InChI is InChI=1S/C24H25N3O/c1-25-14-15-27(2)24(28)22-19-10-6-7-11-21(19)26-23-18(12-13-20(22)23)16-17-8-4-3-5-9-17/h3-11,16,25H,12-15H2,1-2H3/b18-16-. The second-order valence-corrected chi connectivity index (χ2v) is 7.24. The number of rotatable bonds is 5. The Bertz CT molecular complexity index is 1040. The van der Waals surface area contributed by atoms with E-state index >= 15 is 0 Å². The topological polar surface area (TPSA) is 45.2 Å². The molecule has 0 atom stereocenters. The van der Waals surface area contributed by atoms with E-state index in [0.29, 0.717) is 6.54 Å². The van der Waals surface area contributed by atoms with Crippen molar-refractivity contribution < 1.29 is 4.79 Å². The molecule has 28 heavy (non-hydrogen) atoms. The number of nitrogens with zero attached hydrogens (tertiary/aromatic N) is 2. The first-order chi connectivity index (χ1) is 13.7. The van der Waals surface area contributed by atoms with Gasteiger partial charge in [-0.15, -0.1) is 0 Å². The number of aromatic nitrogens is 1. The van der Waals surface area contributed by atoms with Gasteiger partial charge in [-0.1, -0.05) is 48.5 Å². The monoisotopic (exact) mass is 371 g/mol. The van der Waals surface area contributed by atoms with Crippen molar-refractivity contribution >= 4 is 28.5 Å². The highest BCUT2D eigenvalue weighted by Gasteiger charge is 2.28. The minimum absolute atomic E-state index is 0.0751. The largest absolute Gasteiger partial charge is 0.340 e. The lowest BCUT2D eigenvalue weighted by Crippen LogP contribution is -2.33. The number of amides is 1. The van der Waals surface area contributed by atoms with Crippen molar-refractivity contribution in [3.63, 3.8) is 0 Å². The summed E-state index contributed by atoms with van der Waals surface area (Å²) in [6.07, 6.45) is 3.97. The Balaban J connectivity index is 1.84. The molecule has 0 bridgehead atoms. The number of carbonyl (C=O) groups is 1. The van der Waals surface area contributed by atoms with Gasteiger partial charge in [0.1, 0.15) is 0 Å². The number of fused-ring (bicyclic) bond motifs is 2. The van der Waals surface area contributed by atoms with Crippen molar-refractivity contribution in [3.8, 4) is 0 Å². The molecule has 0 fully saturated rings. The quantitative estimate of drug-likeness (QED) is 0.737. The number of hydrogen-bond donors (Lipinski definition) is 1. The van der Waals surface area contributed by atoms with Crippen LogP contribution in [0.1, 0.15) is 33.6 Å². The molecule has 3 aromatic rings. The molecule has 1 N–H and O–H groups in total. The van der Waals surface area contributed by atoms with E-state index in [-0.39, 0.29) is 5.91 Å².